The van der Waals surface area contributed by atoms with E-state index in [4.69, 9.17) is 9.47 Å². The molecule has 0 fully saturated rings. The molecule has 110 valence electrons. The maximum Gasteiger partial charge on any atom is 0.313 e. The van der Waals surface area contributed by atoms with E-state index in [0.29, 0.717) is 23.7 Å². The van der Waals surface area contributed by atoms with Crippen molar-refractivity contribution in [1.29, 1.82) is 0 Å². The molecule has 1 aromatic carbocycles. The van der Waals surface area contributed by atoms with Gasteiger partial charge in [0, 0.05) is 12.6 Å². The van der Waals surface area contributed by atoms with Crippen LogP contribution in [0, 0.1) is 5.92 Å². The second kappa shape index (κ2) is 7.37. The molecule has 0 saturated heterocycles. The fraction of sp³-hybridized carbons (Fsp3) is 0.429. The molecular formula is C14H20N2O4. The third kappa shape index (κ3) is 4.46. The Morgan fingerprint density at radius 3 is 2.40 bits per heavy atom. The highest BCUT2D eigenvalue weighted by Gasteiger charge is 2.16. The lowest BCUT2D eigenvalue weighted by molar-refractivity contribution is -0.136. The van der Waals surface area contributed by atoms with E-state index in [1.54, 1.807) is 18.2 Å². The number of anilines is 1. The molecule has 0 bridgehead atoms. The topological polar surface area (TPSA) is 76.7 Å². The molecule has 1 rings (SSSR count). The van der Waals surface area contributed by atoms with Crippen LogP contribution in [-0.4, -0.2) is 32.6 Å². The van der Waals surface area contributed by atoms with E-state index >= 15 is 0 Å². The Morgan fingerprint density at radius 1 is 1.15 bits per heavy atom. The average molecular weight is 280 g/mol. The fourth-order valence-electron chi connectivity index (χ4n) is 1.47. The van der Waals surface area contributed by atoms with Gasteiger partial charge in [-0.2, -0.15) is 0 Å². The van der Waals surface area contributed by atoms with Gasteiger partial charge in [-0.1, -0.05) is 13.8 Å². The summed E-state index contributed by atoms with van der Waals surface area (Å²) in [5.74, 6) is -0.127. The highest BCUT2D eigenvalue weighted by Crippen LogP contribution is 2.28. The van der Waals surface area contributed by atoms with Crippen LogP contribution in [-0.2, 0) is 9.59 Å². The van der Waals surface area contributed by atoms with Gasteiger partial charge in [0.15, 0.2) is 0 Å². The van der Waals surface area contributed by atoms with Crippen LogP contribution in [0.5, 0.6) is 11.5 Å². The summed E-state index contributed by atoms with van der Waals surface area (Å²) in [5, 5.41) is 5.05. The van der Waals surface area contributed by atoms with Crippen LogP contribution in [0.2, 0.25) is 0 Å². The third-order valence-corrected chi connectivity index (χ3v) is 2.53. The minimum atomic E-state index is -0.739. The summed E-state index contributed by atoms with van der Waals surface area (Å²) in [5.41, 5.74) is 0.386. The van der Waals surface area contributed by atoms with Gasteiger partial charge in [-0.25, -0.2) is 0 Å². The van der Waals surface area contributed by atoms with E-state index < -0.39 is 11.8 Å². The van der Waals surface area contributed by atoms with Crippen LogP contribution in [0.3, 0.4) is 0 Å². The normalized spacial score (nSPS) is 10.1. The van der Waals surface area contributed by atoms with Gasteiger partial charge in [0.1, 0.15) is 11.5 Å². The SMILES string of the molecule is COc1ccc(OC)c(NC(=O)C(=O)NCC(C)C)c1. The number of amides is 2. The van der Waals surface area contributed by atoms with Gasteiger partial charge in [0.2, 0.25) is 0 Å². The van der Waals surface area contributed by atoms with E-state index in [1.807, 2.05) is 13.8 Å². The van der Waals surface area contributed by atoms with Gasteiger partial charge in [0.25, 0.3) is 0 Å². The molecule has 2 amide bonds. The second-order valence-corrected chi connectivity index (χ2v) is 4.62. The van der Waals surface area contributed by atoms with Crippen molar-refractivity contribution in [3.63, 3.8) is 0 Å². The molecule has 0 aliphatic rings. The standard InChI is InChI=1S/C14H20N2O4/c1-9(2)8-15-13(17)14(18)16-11-7-10(19-3)5-6-12(11)20-4/h5-7,9H,8H2,1-4H3,(H,15,17)(H,16,18). The molecule has 0 aliphatic heterocycles. The van der Waals surface area contributed by atoms with Crippen molar-refractivity contribution < 1.29 is 19.1 Å². The van der Waals surface area contributed by atoms with Crippen LogP contribution < -0.4 is 20.1 Å². The smallest absolute Gasteiger partial charge is 0.313 e. The van der Waals surface area contributed by atoms with Crippen molar-refractivity contribution in [3.8, 4) is 11.5 Å². The molecule has 2 N–H and O–H groups in total. The summed E-state index contributed by atoms with van der Waals surface area (Å²) in [6.45, 7) is 4.34. The summed E-state index contributed by atoms with van der Waals surface area (Å²) >= 11 is 0. The van der Waals surface area contributed by atoms with Gasteiger partial charge in [-0.3, -0.25) is 9.59 Å². The number of hydrogen-bond acceptors (Lipinski definition) is 4. The zero-order valence-corrected chi connectivity index (χ0v) is 12.1. The Labute approximate surface area is 118 Å². The molecule has 0 heterocycles. The lowest BCUT2D eigenvalue weighted by atomic mass is 10.2. The van der Waals surface area contributed by atoms with Crippen LogP contribution in [0.1, 0.15) is 13.8 Å². The van der Waals surface area contributed by atoms with Crippen molar-refractivity contribution in [2.75, 3.05) is 26.1 Å². The van der Waals surface area contributed by atoms with Crippen molar-refractivity contribution >= 4 is 17.5 Å². The monoisotopic (exact) mass is 280 g/mol. The van der Waals surface area contributed by atoms with Gasteiger partial charge in [0.05, 0.1) is 19.9 Å². The van der Waals surface area contributed by atoms with Crippen LogP contribution in [0.15, 0.2) is 18.2 Å². The Hall–Kier alpha value is -2.24. The van der Waals surface area contributed by atoms with Crippen molar-refractivity contribution in [2.24, 2.45) is 5.92 Å². The average Bonchev–Trinajstić information content (AvgIpc) is 2.44. The number of ether oxygens (including phenoxy) is 2. The largest absolute Gasteiger partial charge is 0.497 e. The molecule has 1 aromatic rings. The summed E-state index contributed by atoms with van der Waals surface area (Å²) in [6, 6.07) is 4.94. The van der Waals surface area contributed by atoms with Gasteiger partial charge in [-0.15, -0.1) is 0 Å². The first-order valence-electron chi connectivity index (χ1n) is 6.29. The summed E-state index contributed by atoms with van der Waals surface area (Å²) in [6.07, 6.45) is 0. The molecule has 0 saturated carbocycles. The Balaban J connectivity index is 2.76. The Morgan fingerprint density at radius 2 is 1.85 bits per heavy atom. The first-order valence-corrected chi connectivity index (χ1v) is 6.29. The first kappa shape index (κ1) is 15.8. The first-order chi connectivity index (χ1) is 9.47. The zero-order valence-electron chi connectivity index (χ0n) is 12.1. The Bertz CT molecular complexity index is 486. The third-order valence-electron chi connectivity index (χ3n) is 2.53. The maximum atomic E-state index is 11.8. The van der Waals surface area contributed by atoms with Gasteiger partial charge in [-0.05, 0) is 18.1 Å². The predicted octanol–water partition coefficient (Wildman–Crippen LogP) is 1.41. The minimum Gasteiger partial charge on any atom is -0.497 e. The highest BCUT2D eigenvalue weighted by molar-refractivity contribution is 6.39. The van der Waals surface area contributed by atoms with E-state index in [1.165, 1.54) is 14.2 Å². The van der Waals surface area contributed by atoms with E-state index in [-0.39, 0.29) is 5.92 Å². The molecule has 0 aromatic heterocycles. The summed E-state index contributed by atoms with van der Waals surface area (Å²) in [7, 11) is 3.00. The maximum absolute atomic E-state index is 11.8. The molecule has 0 spiro atoms. The molecule has 0 atom stereocenters. The Kier molecular flexibility index (Phi) is 5.83. The van der Waals surface area contributed by atoms with Gasteiger partial charge < -0.3 is 20.1 Å². The van der Waals surface area contributed by atoms with Crippen molar-refractivity contribution in [2.45, 2.75) is 13.8 Å². The number of methoxy groups -OCH3 is 2. The minimum absolute atomic E-state index is 0.276. The fourth-order valence-corrected chi connectivity index (χ4v) is 1.47. The van der Waals surface area contributed by atoms with Crippen molar-refractivity contribution in [1.82, 2.24) is 5.32 Å². The molecule has 6 nitrogen and oxygen atoms in total. The second-order valence-electron chi connectivity index (χ2n) is 4.62. The highest BCUT2D eigenvalue weighted by atomic mass is 16.5. The lowest BCUT2D eigenvalue weighted by Gasteiger charge is -2.12. The number of nitrogens with one attached hydrogen (secondary N) is 2. The lowest BCUT2D eigenvalue weighted by Crippen LogP contribution is -2.37. The van der Waals surface area contributed by atoms with Crippen LogP contribution >= 0.6 is 0 Å². The summed E-state index contributed by atoms with van der Waals surface area (Å²) in [4.78, 5) is 23.4. The quantitative estimate of drug-likeness (QED) is 0.800. The molecule has 0 unspecified atom stereocenters. The summed E-state index contributed by atoms with van der Waals surface area (Å²) < 4.78 is 10.2. The van der Waals surface area contributed by atoms with Crippen molar-refractivity contribution in [3.05, 3.63) is 18.2 Å². The molecule has 20 heavy (non-hydrogen) atoms. The molecule has 0 aliphatic carbocycles. The van der Waals surface area contributed by atoms with E-state index in [2.05, 4.69) is 10.6 Å². The predicted molar refractivity (Wildman–Crippen MR) is 76.0 cm³/mol. The zero-order chi connectivity index (χ0) is 15.1. The van der Waals surface area contributed by atoms with E-state index in [9.17, 15) is 9.59 Å². The molecule has 6 heteroatoms. The van der Waals surface area contributed by atoms with E-state index in [0.717, 1.165) is 0 Å². The number of carbonyl (C=O) groups is 2. The van der Waals surface area contributed by atoms with Crippen LogP contribution in [0.4, 0.5) is 5.69 Å². The van der Waals surface area contributed by atoms with Gasteiger partial charge >= 0.3 is 11.8 Å². The molecular weight excluding hydrogens is 260 g/mol. The number of benzene rings is 1. The van der Waals surface area contributed by atoms with Crippen LogP contribution in [0.25, 0.3) is 0 Å². The number of carbonyl (C=O) groups excluding carboxylic acids is 2. The molecule has 0 radical (unpaired) electrons. The number of hydrogen-bond donors (Lipinski definition) is 2. The number of rotatable bonds is 5.